The number of hydrogen-bond acceptors (Lipinski definition) is 6. The first kappa shape index (κ1) is 22.8. The molecule has 8 nitrogen and oxygen atoms in total. The van der Waals surface area contributed by atoms with Crippen LogP contribution in [0.15, 0.2) is 90.0 Å². The number of hydrogen-bond donors (Lipinski definition) is 2. The van der Waals surface area contributed by atoms with E-state index >= 15 is 0 Å². The van der Waals surface area contributed by atoms with Gasteiger partial charge in [0, 0.05) is 43.0 Å². The van der Waals surface area contributed by atoms with Crippen molar-refractivity contribution in [3.8, 4) is 0 Å². The maximum atomic E-state index is 13.5. The van der Waals surface area contributed by atoms with Crippen molar-refractivity contribution in [2.75, 3.05) is 43.7 Å². The highest BCUT2D eigenvalue weighted by atomic mass is 16.2. The van der Waals surface area contributed by atoms with Gasteiger partial charge < -0.3 is 15.2 Å². The lowest BCUT2D eigenvalue weighted by molar-refractivity contribution is -0.118. The van der Waals surface area contributed by atoms with E-state index in [9.17, 15) is 9.59 Å². The zero-order valence-corrected chi connectivity index (χ0v) is 19.6. The van der Waals surface area contributed by atoms with Gasteiger partial charge in [0.2, 0.25) is 0 Å². The van der Waals surface area contributed by atoms with Gasteiger partial charge in [0.25, 0.3) is 11.8 Å². The van der Waals surface area contributed by atoms with Crippen LogP contribution in [0.1, 0.15) is 15.9 Å². The summed E-state index contributed by atoms with van der Waals surface area (Å²) in [6.45, 7) is 3.08. The molecule has 0 saturated carbocycles. The van der Waals surface area contributed by atoms with Gasteiger partial charge in [0.15, 0.2) is 6.04 Å². The molecule has 35 heavy (non-hydrogen) atoms. The van der Waals surface area contributed by atoms with Crippen molar-refractivity contribution in [2.24, 2.45) is 5.10 Å². The Kier molecular flexibility index (Phi) is 6.56. The summed E-state index contributed by atoms with van der Waals surface area (Å²) in [7, 11) is 2.06. The van der Waals surface area contributed by atoms with E-state index in [1.807, 2.05) is 65.6 Å². The van der Waals surface area contributed by atoms with E-state index in [4.69, 9.17) is 5.10 Å². The molecule has 2 amide bonds. The topological polar surface area (TPSA) is 80.3 Å². The molecule has 0 spiro atoms. The number of hydrazone groups is 1. The van der Waals surface area contributed by atoms with Crippen molar-refractivity contribution in [3.63, 3.8) is 0 Å². The van der Waals surface area contributed by atoms with Crippen molar-refractivity contribution in [3.05, 3.63) is 96.1 Å². The summed E-state index contributed by atoms with van der Waals surface area (Å²) in [6, 6.07) is 25.7. The van der Waals surface area contributed by atoms with Gasteiger partial charge in [-0.05, 0) is 37.4 Å². The number of rotatable bonds is 6. The molecule has 1 atom stereocenters. The van der Waals surface area contributed by atoms with Gasteiger partial charge >= 0.3 is 0 Å². The second-order valence-electron chi connectivity index (χ2n) is 8.72. The highest BCUT2D eigenvalue weighted by Gasteiger charge is 2.37. The molecular formula is C27H28N6O2. The van der Waals surface area contributed by atoms with Crippen LogP contribution in [-0.2, 0) is 4.79 Å². The van der Waals surface area contributed by atoms with Gasteiger partial charge in [-0.1, -0.05) is 54.6 Å². The molecule has 0 aliphatic carbocycles. The van der Waals surface area contributed by atoms with Crippen LogP contribution in [0, 0.1) is 0 Å². The van der Waals surface area contributed by atoms with Gasteiger partial charge in [0.1, 0.15) is 0 Å². The van der Waals surface area contributed by atoms with Crippen LogP contribution in [0.2, 0.25) is 0 Å². The minimum atomic E-state index is -0.699. The first-order valence-electron chi connectivity index (χ1n) is 11.7. The van der Waals surface area contributed by atoms with Crippen molar-refractivity contribution < 1.29 is 9.59 Å². The van der Waals surface area contributed by atoms with Crippen molar-refractivity contribution >= 4 is 28.9 Å². The number of nitrogens with one attached hydrogen (secondary N) is 2. The van der Waals surface area contributed by atoms with Gasteiger partial charge in [0.05, 0.1) is 11.4 Å². The van der Waals surface area contributed by atoms with Crippen LogP contribution in [0.5, 0.6) is 0 Å². The summed E-state index contributed by atoms with van der Waals surface area (Å²) in [4.78, 5) is 30.7. The summed E-state index contributed by atoms with van der Waals surface area (Å²) >= 11 is 0. The summed E-state index contributed by atoms with van der Waals surface area (Å²) in [5.74, 6) is -0.254. The van der Waals surface area contributed by atoms with E-state index < -0.39 is 6.04 Å². The second-order valence-corrected chi connectivity index (χ2v) is 8.72. The molecule has 5 rings (SSSR count). The Morgan fingerprint density at radius 3 is 2.29 bits per heavy atom. The Morgan fingerprint density at radius 2 is 1.57 bits per heavy atom. The normalized spacial score (nSPS) is 18.5. The predicted molar refractivity (Wildman–Crippen MR) is 137 cm³/mol. The number of carbonyl (C=O) groups is 2. The molecule has 1 saturated heterocycles. The van der Waals surface area contributed by atoms with Crippen LogP contribution in [0.3, 0.4) is 0 Å². The minimum Gasteiger partial charge on any atom is -0.336 e. The molecular weight excluding hydrogens is 440 g/mol. The van der Waals surface area contributed by atoms with Crippen molar-refractivity contribution in [1.82, 2.24) is 15.2 Å². The van der Waals surface area contributed by atoms with E-state index in [2.05, 4.69) is 22.8 Å². The fraction of sp³-hybridized carbons (Fsp3) is 0.222. The third-order valence-electron chi connectivity index (χ3n) is 6.27. The quantitative estimate of drug-likeness (QED) is 0.544. The molecule has 8 heteroatoms. The second kappa shape index (κ2) is 10.1. The Balaban J connectivity index is 1.41. The average Bonchev–Trinajstić information content (AvgIpc) is 3.24. The highest BCUT2D eigenvalue weighted by molar-refractivity contribution is 6.24. The predicted octanol–water partition coefficient (Wildman–Crippen LogP) is 2.81. The van der Waals surface area contributed by atoms with Crippen LogP contribution in [0.4, 0.5) is 11.4 Å². The lowest BCUT2D eigenvalue weighted by Crippen LogP contribution is -2.47. The number of nitrogens with zero attached hydrogens (tertiary/aromatic N) is 4. The zero-order chi connectivity index (χ0) is 24.2. The van der Waals surface area contributed by atoms with Gasteiger partial charge in [-0.15, -0.1) is 0 Å². The summed E-state index contributed by atoms with van der Waals surface area (Å²) in [5.41, 5.74) is 9.67. The first-order valence-corrected chi connectivity index (χ1v) is 11.7. The number of anilines is 2. The molecule has 0 bridgehead atoms. The molecule has 2 heterocycles. The lowest BCUT2D eigenvalue weighted by atomic mass is 10.0. The number of para-hydroxylation sites is 1. The third kappa shape index (κ3) is 4.94. The van der Waals surface area contributed by atoms with E-state index in [0.29, 0.717) is 30.1 Å². The molecule has 1 fully saturated rings. The maximum Gasteiger partial charge on any atom is 0.272 e. The largest absolute Gasteiger partial charge is 0.336 e. The molecule has 0 aromatic heterocycles. The van der Waals surface area contributed by atoms with Gasteiger partial charge in [-0.2, -0.15) is 10.1 Å². The van der Waals surface area contributed by atoms with Crippen LogP contribution in [0.25, 0.3) is 0 Å². The standard InChI is InChI=1S/C27H28N6O2/c1-31-15-17-32(18-16-31)26(34)21-11-8-14-23(19-21)33-27(35)25(29-28-22-12-6-3-7-13-22)24(30-33)20-9-4-2-5-10-20/h2-14,19,25,28-29H,15-18H2,1H3. The molecule has 0 radical (unpaired) electrons. The number of likely N-dealkylation sites (N-methyl/N-ethyl adjacent to an activating group) is 1. The summed E-state index contributed by atoms with van der Waals surface area (Å²) in [5, 5.41) is 6.07. The fourth-order valence-corrected chi connectivity index (χ4v) is 4.24. The molecule has 3 aromatic carbocycles. The van der Waals surface area contributed by atoms with Crippen LogP contribution < -0.4 is 15.9 Å². The number of piperazine rings is 1. The Hall–Kier alpha value is -4.01. The molecule has 2 N–H and O–H groups in total. The molecule has 3 aromatic rings. The maximum absolute atomic E-state index is 13.5. The Morgan fingerprint density at radius 1 is 0.886 bits per heavy atom. The summed E-state index contributed by atoms with van der Waals surface area (Å²) < 4.78 is 0. The van der Waals surface area contributed by atoms with E-state index in [1.165, 1.54) is 5.01 Å². The molecule has 1 unspecified atom stereocenters. The first-order chi connectivity index (χ1) is 17.1. The van der Waals surface area contributed by atoms with Gasteiger partial charge in [-0.3, -0.25) is 9.59 Å². The van der Waals surface area contributed by atoms with E-state index in [1.54, 1.807) is 24.3 Å². The molecule has 2 aliphatic rings. The number of benzene rings is 3. The van der Waals surface area contributed by atoms with Crippen LogP contribution in [-0.4, -0.2) is 66.6 Å². The van der Waals surface area contributed by atoms with E-state index in [-0.39, 0.29) is 11.8 Å². The minimum absolute atomic E-state index is 0.0284. The third-order valence-corrected chi connectivity index (χ3v) is 6.27. The monoisotopic (exact) mass is 468 g/mol. The van der Waals surface area contributed by atoms with Crippen molar-refractivity contribution in [2.45, 2.75) is 6.04 Å². The molecule has 2 aliphatic heterocycles. The Labute approximate surface area is 204 Å². The zero-order valence-electron chi connectivity index (χ0n) is 19.6. The highest BCUT2D eigenvalue weighted by Crippen LogP contribution is 2.25. The number of hydrazine groups is 1. The SMILES string of the molecule is CN1CCN(C(=O)c2cccc(N3N=C(c4ccccc4)C(NNc4ccccc4)C3=O)c2)CC1. The van der Waals surface area contributed by atoms with E-state index in [0.717, 1.165) is 24.3 Å². The smallest absolute Gasteiger partial charge is 0.272 e. The number of carbonyl (C=O) groups excluding carboxylic acids is 2. The van der Waals surface area contributed by atoms with Gasteiger partial charge in [-0.25, -0.2) is 5.43 Å². The lowest BCUT2D eigenvalue weighted by Gasteiger charge is -2.32. The summed E-state index contributed by atoms with van der Waals surface area (Å²) in [6.07, 6.45) is 0. The van der Waals surface area contributed by atoms with Crippen molar-refractivity contribution in [1.29, 1.82) is 0 Å². The fourth-order valence-electron chi connectivity index (χ4n) is 4.24. The molecule has 178 valence electrons. The number of amides is 2. The van der Waals surface area contributed by atoms with Crippen LogP contribution >= 0.6 is 0 Å². The Bertz CT molecular complexity index is 1220. The average molecular weight is 469 g/mol.